The summed E-state index contributed by atoms with van der Waals surface area (Å²) in [5.41, 5.74) is 0.496. The number of hydrogen-bond donors (Lipinski definition) is 1. The molecule has 0 aromatic carbocycles. The van der Waals surface area contributed by atoms with Gasteiger partial charge in [-0.2, -0.15) is 0 Å². The standard InChI is InChI=1S/C14H26N2/c1-11-9-15-14(7-3-4-8-14)10-16(11)12(2)13-5-6-13/h11-13,15H,3-10H2,1-2H3. The summed E-state index contributed by atoms with van der Waals surface area (Å²) in [5.74, 6) is 1.01. The maximum Gasteiger partial charge on any atom is 0.0309 e. The van der Waals surface area contributed by atoms with Crippen LogP contribution < -0.4 is 5.32 Å². The van der Waals surface area contributed by atoms with Gasteiger partial charge in [-0.05, 0) is 45.4 Å². The van der Waals surface area contributed by atoms with Crippen molar-refractivity contribution in [1.82, 2.24) is 10.2 Å². The van der Waals surface area contributed by atoms with Crippen LogP contribution >= 0.6 is 0 Å². The van der Waals surface area contributed by atoms with E-state index in [9.17, 15) is 0 Å². The molecule has 1 saturated heterocycles. The van der Waals surface area contributed by atoms with Crippen molar-refractivity contribution in [3.63, 3.8) is 0 Å². The highest BCUT2D eigenvalue weighted by molar-refractivity contribution is 5.02. The van der Waals surface area contributed by atoms with E-state index in [2.05, 4.69) is 24.1 Å². The van der Waals surface area contributed by atoms with E-state index in [4.69, 9.17) is 0 Å². The summed E-state index contributed by atoms with van der Waals surface area (Å²) in [6, 6.07) is 1.57. The Morgan fingerprint density at radius 2 is 1.94 bits per heavy atom. The lowest BCUT2D eigenvalue weighted by Gasteiger charge is -2.48. The molecular weight excluding hydrogens is 196 g/mol. The van der Waals surface area contributed by atoms with Gasteiger partial charge >= 0.3 is 0 Å². The van der Waals surface area contributed by atoms with Gasteiger partial charge in [0.2, 0.25) is 0 Å². The van der Waals surface area contributed by atoms with E-state index < -0.39 is 0 Å². The Balaban J connectivity index is 1.70. The Morgan fingerprint density at radius 3 is 2.56 bits per heavy atom. The molecule has 2 saturated carbocycles. The lowest BCUT2D eigenvalue weighted by atomic mass is 9.91. The van der Waals surface area contributed by atoms with Gasteiger partial charge in [-0.1, -0.05) is 12.8 Å². The zero-order valence-electron chi connectivity index (χ0n) is 10.8. The molecule has 0 aromatic heterocycles. The summed E-state index contributed by atoms with van der Waals surface area (Å²) in [4.78, 5) is 2.81. The number of piperazine rings is 1. The molecule has 2 heteroatoms. The van der Waals surface area contributed by atoms with E-state index in [-0.39, 0.29) is 0 Å². The van der Waals surface area contributed by atoms with E-state index in [1.165, 1.54) is 51.6 Å². The van der Waals surface area contributed by atoms with Crippen LogP contribution in [0.15, 0.2) is 0 Å². The summed E-state index contributed by atoms with van der Waals surface area (Å²) in [5, 5.41) is 3.85. The van der Waals surface area contributed by atoms with Crippen molar-refractivity contribution in [3.8, 4) is 0 Å². The third kappa shape index (κ3) is 1.91. The molecule has 1 heterocycles. The van der Waals surface area contributed by atoms with Crippen LogP contribution in [0.25, 0.3) is 0 Å². The van der Waals surface area contributed by atoms with Crippen molar-refractivity contribution in [3.05, 3.63) is 0 Å². The zero-order chi connectivity index (χ0) is 11.2. The van der Waals surface area contributed by atoms with Crippen LogP contribution in [0.5, 0.6) is 0 Å². The summed E-state index contributed by atoms with van der Waals surface area (Å²) in [7, 11) is 0. The largest absolute Gasteiger partial charge is 0.308 e. The molecule has 3 fully saturated rings. The van der Waals surface area contributed by atoms with Gasteiger partial charge in [0.15, 0.2) is 0 Å². The first kappa shape index (κ1) is 11.0. The first-order chi connectivity index (χ1) is 7.70. The molecule has 1 N–H and O–H groups in total. The van der Waals surface area contributed by atoms with Gasteiger partial charge in [-0.25, -0.2) is 0 Å². The molecule has 16 heavy (non-hydrogen) atoms. The van der Waals surface area contributed by atoms with Crippen LogP contribution in [0, 0.1) is 5.92 Å². The molecule has 0 radical (unpaired) electrons. The van der Waals surface area contributed by atoms with Crippen LogP contribution in [0.1, 0.15) is 52.4 Å². The zero-order valence-corrected chi connectivity index (χ0v) is 10.8. The smallest absolute Gasteiger partial charge is 0.0309 e. The number of rotatable bonds is 2. The third-order valence-corrected chi connectivity index (χ3v) is 5.21. The second-order valence-electron chi connectivity index (χ2n) is 6.47. The SMILES string of the molecule is CC1CNC2(CCCC2)CN1C(C)C1CC1. The minimum Gasteiger partial charge on any atom is -0.308 e. The fraction of sp³-hybridized carbons (Fsp3) is 1.00. The first-order valence-corrected chi connectivity index (χ1v) is 7.21. The van der Waals surface area contributed by atoms with Crippen molar-refractivity contribution in [1.29, 1.82) is 0 Å². The van der Waals surface area contributed by atoms with Crippen molar-refractivity contribution < 1.29 is 0 Å². The first-order valence-electron chi connectivity index (χ1n) is 7.21. The van der Waals surface area contributed by atoms with Gasteiger partial charge in [-0.15, -0.1) is 0 Å². The average molecular weight is 222 g/mol. The maximum absolute atomic E-state index is 3.85. The van der Waals surface area contributed by atoms with Gasteiger partial charge in [0.1, 0.15) is 0 Å². The molecule has 92 valence electrons. The van der Waals surface area contributed by atoms with Crippen LogP contribution in [-0.4, -0.2) is 35.6 Å². The quantitative estimate of drug-likeness (QED) is 0.772. The molecular formula is C14H26N2. The number of nitrogens with zero attached hydrogens (tertiary/aromatic N) is 1. The Kier molecular flexibility index (Phi) is 2.75. The molecule has 1 aliphatic heterocycles. The van der Waals surface area contributed by atoms with Gasteiger partial charge in [0.05, 0.1) is 0 Å². The van der Waals surface area contributed by atoms with E-state index in [0.29, 0.717) is 5.54 Å². The Labute approximate surface area is 99.8 Å². The van der Waals surface area contributed by atoms with Gasteiger partial charge < -0.3 is 5.32 Å². The van der Waals surface area contributed by atoms with Crippen molar-refractivity contribution >= 4 is 0 Å². The molecule has 2 aliphatic carbocycles. The Bertz CT molecular complexity index is 253. The predicted molar refractivity (Wildman–Crippen MR) is 67.6 cm³/mol. The summed E-state index contributed by atoms with van der Waals surface area (Å²) >= 11 is 0. The molecule has 0 bridgehead atoms. The molecule has 3 aliphatic rings. The molecule has 0 amide bonds. The molecule has 1 spiro atoms. The topological polar surface area (TPSA) is 15.3 Å². The predicted octanol–water partition coefficient (Wildman–Crippen LogP) is 2.39. The van der Waals surface area contributed by atoms with E-state index in [1.807, 2.05) is 0 Å². The summed E-state index contributed by atoms with van der Waals surface area (Å²) < 4.78 is 0. The fourth-order valence-corrected chi connectivity index (χ4v) is 3.82. The monoisotopic (exact) mass is 222 g/mol. The second kappa shape index (κ2) is 3.99. The molecule has 0 aromatic rings. The normalized spacial score (nSPS) is 36.8. The number of nitrogens with one attached hydrogen (secondary N) is 1. The summed E-state index contributed by atoms with van der Waals surface area (Å²) in [6.07, 6.45) is 8.65. The highest BCUT2D eigenvalue weighted by atomic mass is 15.3. The van der Waals surface area contributed by atoms with Gasteiger partial charge in [-0.3, -0.25) is 4.90 Å². The van der Waals surface area contributed by atoms with Gasteiger partial charge in [0.25, 0.3) is 0 Å². The minimum atomic E-state index is 0.496. The lowest BCUT2D eigenvalue weighted by molar-refractivity contribution is 0.0488. The molecule has 2 nitrogen and oxygen atoms in total. The summed E-state index contributed by atoms with van der Waals surface area (Å²) in [6.45, 7) is 7.37. The number of hydrogen-bond acceptors (Lipinski definition) is 2. The second-order valence-corrected chi connectivity index (χ2v) is 6.47. The van der Waals surface area contributed by atoms with E-state index in [0.717, 1.165) is 18.0 Å². The Hall–Kier alpha value is -0.0800. The lowest BCUT2D eigenvalue weighted by Crippen LogP contribution is -2.64. The molecule has 2 atom stereocenters. The fourth-order valence-electron chi connectivity index (χ4n) is 3.82. The maximum atomic E-state index is 3.85. The van der Waals surface area contributed by atoms with E-state index in [1.54, 1.807) is 0 Å². The Morgan fingerprint density at radius 1 is 1.25 bits per heavy atom. The van der Waals surface area contributed by atoms with E-state index >= 15 is 0 Å². The average Bonchev–Trinajstić information content (AvgIpc) is 3.04. The van der Waals surface area contributed by atoms with Crippen LogP contribution in [0.3, 0.4) is 0 Å². The third-order valence-electron chi connectivity index (χ3n) is 5.21. The highest BCUT2D eigenvalue weighted by Gasteiger charge is 2.43. The highest BCUT2D eigenvalue weighted by Crippen LogP contribution is 2.39. The van der Waals surface area contributed by atoms with Crippen LogP contribution in [-0.2, 0) is 0 Å². The van der Waals surface area contributed by atoms with Gasteiger partial charge in [0, 0.05) is 30.7 Å². The van der Waals surface area contributed by atoms with Crippen molar-refractivity contribution in [2.45, 2.75) is 70.0 Å². The van der Waals surface area contributed by atoms with Crippen LogP contribution in [0.2, 0.25) is 0 Å². The molecule has 3 rings (SSSR count). The van der Waals surface area contributed by atoms with Crippen LogP contribution in [0.4, 0.5) is 0 Å². The minimum absolute atomic E-state index is 0.496. The van der Waals surface area contributed by atoms with Crippen molar-refractivity contribution in [2.24, 2.45) is 5.92 Å². The molecule has 2 unspecified atom stereocenters. The van der Waals surface area contributed by atoms with Crippen molar-refractivity contribution in [2.75, 3.05) is 13.1 Å².